The van der Waals surface area contributed by atoms with Crippen LogP contribution in [-0.2, 0) is 13.0 Å². The Hall–Kier alpha value is -1.79. The monoisotopic (exact) mass is 339 g/mol. The maximum atomic E-state index is 12.1. The van der Waals surface area contributed by atoms with Crippen LogP contribution in [0.3, 0.4) is 0 Å². The minimum absolute atomic E-state index is 0.00824. The van der Waals surface area contributed by atoms with E-state index < -0.39 is 0 Å². The van der Waals surface area contributed by atoms with Crippen LogP contribution in [0.25, 0.3) is 0 Å². The summed E-state index contributed by atoms with van der Waals surface area (Å²) in [5.74, 6) is 0.951. The number of amides is 2. The van der Waals surface area contributed by atoms with Crippen molar-refractivity contribution in [2.45, 2.75) is 32.4 Å². The van der Waals surface area contributed by atoms with Gasteiger partial charge in [0.2, 0.25) is 0 Å². The van der Waals surface area contributed by atoms with Crippen LogP contribution in [0.4, 0.5) is 10.5 Å². The molecular formula is C14H15Cl2N5O. The van der Waals surface area contributed by atoms with Gasteiger partial charge < -0.3 is 10.6 Å². The van der Waals surface area contributed by atoms with Crippen LogP contribution >= 0.6 is 23.2 Å². The summed E-state index contributed by atoms with van der Waals surface area (Å²) in [4.78, 5) is 16.3. The molecule has 2 N–H and O–H groups in total. The number of nitrogens with zero attached hydrogens (tertiary/aromatic N) is 3. The molecule has 1 atom stereocenters. The van der Waals surface area contributed by atoms with Gasteiger partial charge in [-0.2, -0.15) is 5.10 Å². The Labute approximate surface area is 137 Å². The Morgan fingerprint density at radius 1 is 1.36 bits per heavy atom. The molecule has 3 rings (SSSR count). The minimum Gasteiger partial charge on any atom is -0.333 e. The van der Waals surface area contributed by atoms with Gasteiger partial charge >= 0.3 is 6.03 Å². The third kappa shape index (κ3) is 3.18. The lowest BCUT2D eigenvalue weighted by atomic mass is 10.1. The van der Waals surface area contributed by atoms with Crippen molar-refractivity contribution in [2.24, 2.45) is 0 Å². The largest absolute Gasteiger partial charge is 0.333 e. The fourth-order valence-corrected chi connectivity index (χ4v) is 2.87. The lowest BCUT2D eigenvalue weighted by Crippen LogP contribution is -2.43. The second kappa shape index (κ2) is 6.14. The van der Waals surface area contributed by atoms with Gasteiger partial charge in [-0.1, -0.05) is 23.2 Å². The molecule has 0 bridgehead atoms. The molecule has 2 amide bonds. The average Bonchev–Trinajstić information content (AvgIpc) is 2.92. The lowest BCUT2D eigenvalue weighted by Gasteiger charge is -2.23. The zero-order chi connectivity index (χ0) is 15.7. The molecule has 1 aliphatic heterocycles. The first-order valence-electron chi connectivity index (χ1n) is 6.93. The Morgan fingerprint density at radius 2 is 2.18 bits per heavy atom. The Bertz CT molecular complexity index is 715. The summed E-state index contributed by atoms with van der Waals surface area (Å²) in [6.45, 7) is 2.47. The number of carbonyl (C=O) groups excluding carboxylic acids is 1. The first kappa shape index (κ1) is 15.1. The smallest absolute Gasteiger partial charge is 0.319 e. The minimum atomic E-state index is -0.310. The quantitative estimate of drug-likeness (QED) is 0.883. The van der Waals surface area contributed by atoms with Crippen molar-refractivity contribution in [1.29, 1.82) is 0 Å². The third-order valence-corrected chi connectivity index (χ3v) is 4.36. The molecule has 0 radical (unpaired) electrons. The van der Waals surface area contributed by atoms with E-state index in [9.17, 15) is 4.79 Å². The fraction of sp³-hybridized carbons (Fsp3) is 0.357. The molecule has 0 fully saturated rings. The first-order valence-corrected chi connectivity index (χ1v) is 7.68. The van der Waals surface area contributed by atoms with Gasteiger partial charge in [0.1, 0.15) is 12.2 Å². The number of urea groups is 1. The van der Waals surface area contributed by atoms with Gasteiger partial charge in [0.25, 0.3) is 0 Å². The molecular weight excluding hydrogens is 325 g/mol. The summed E-state index contributed by atoms with van der Waals surface area (Å²) in [6, 6.07) is 3.07. The van der Waals surface area contributed by atoms with Crippen LogP contribution in [0.1, 0.15) is 17.8 Å². The van der Waals surface area contributed by atoms with Crippen LogP contribution in [0.15, 0.2) is 18.5 Å². The number of halogens is 2. The van der Waals surface area contributed by atoms with Gasteiger partial charge in [-0.05, 0) is 31.0 Å². The van der Waals surface area contributed by atoms with Gasteiger partial charge in [-0.15, -0.1) is 0 Å². The molecule has 0 unspecified atom stereocenters. The lowest BCUT2D eigenvalue weighted by molar-refractivity contribution is 0.243. The molecule has 1 aliphatic rings. The molecule has 1 aromatic carbocycles. The number of hydrogen-bond donors (Lipinski definition) is 2. The Kier molecular flexibility index (Phi) is 4.22. The molecule has 0 spiro atoms. The topological polar surface area (TPSA) is 71.8 Å². The second-order valence-corrected chi connectivity index (χ2v) is 6.09. The van der Waals surface area contributed by atoms with Gasteiger partial charge in [-0.3, -0.25) is 0 Å². The van der Waals surface area contributed by atoms with E-state index in [2.05, 4.69) is 20.7 Å². The number of aromatic nitrogens is 3. The highest BCUT2D eigenvalue weighted by atomic mass is 35.5. The summed E-state index contributed by atoms with van der Waals surface area (Å²) in [6.07, 6.45) is 3.16. The summed E-state index contributed by atoms with van der Waals surface area (Å²) in [7, 11) is 0. The summed E-state index contributed by atoms with van der Waals surface area (Å²) in [5.41, 5.74) is 1.36. The molecule has 1 aromatic heterocycles. The third-order valence-electron chi connectivity index (χ3n) is 3.64. The van der Waals surface area contributed by atoms with Crippen molar-refractivity contribution in [3.05, 3.63) is 39.9 Å². The average molecular weight is 340 g/mol. The van der Waals surface area contributed by atoms with Crippen LogP contribution in [-0.4, -0.2) is 26.8 Å². The number of fused-ring (bicyclic) bond motifs is 1. The molecule has 0 aliphatic carbocycles. The van der Waals surface area contributed by atoms with E-state index in [-0.39, 0.29) is 12.1 Å². The molecule has 6 nitrogen and oxygen atoms in total. The SMILES string of the molecule is Cc1cc(Cl)c(NC(=O)N[C@H]2CCc3ncnn3C2)cc1Cl. The van der Waals surface area contributed by atoms with Gasteiger partial charge in [0.05, 0.1) is 23.3 Å². The number of anilines is 1. The maximum absolute atomic E-state index is 12.1. The Balaban J connectivity index is 1.63. The summed E-state index contributed by atoms with van der Waals surface area (Å²) in [5, 5.41) is 10.8. The van der Waals surface area contributed by atoms with Crippen molar-refractivity contribution in [3.63, 3.8) is 0 Å². The van der Waals surface area contributed by atoms with E-state index in [4.69, 9.17) is 23.2 Å². The number of carbonyl (C=O) groups is 1. The summed E-state index contributed by atoms with van der Waals surface area (Å²) < 4.78 is 1.81. The van der Waals surface area contributed by atoms with Crippen molar-refractivity contribution in [2.75, 3.05) is 5.32 Å². The van der Waals surface area contributed by atoms with Gasteiger partial charge in [-0.25, -0.2) is 14.5 Å². The molecule has 22 heavy (non-hydrogen) atoms. The predicted molar refractivity (Wildman–Crippen MR) is 85.5 cm³/mol. The van der Waals surface area contributed by atoms with E-state index >= 15 is 0 Å². The van der Waals surface area contributed by atoms with Crippen LogP contribution in [0.5, 0.6) is 0 Å². The van der Waals surface area contributed by atoms with E-state index in [1.54, 1.807) is 12.1 Å². The normalized spacial score (nSPS) is 17.0. The molecule has 8 heteroatoms. The zero-order valence-corrected chi connectivity index (χ0v) is 13.4. The van der Waals surface area contributed by atoms with Gasteiger partial charge in [0, 0.05) is 11.4 Å². The molecule has 2 heterocycles. The van der Waals surface area contributed by atoms with E-state index in [1.165, 1.54) is 6.33 Å². The van der Waals surface area contributed by atoms with Crippen LogP contribution in [0, 0.1) is 6.92 Å². The summed E-state index contributed by atoms with van der Waals surface area (Å²) >= 11 is 12.2. The van der Waals surface area contributed by atoms with E-state index in [1.807, 2.05) is 11.6 Å². The standard InChI is InChI=1S/C14H15Cl2N5O/c1-8-4-11(16)12(5-10(8)15)20-14(22)19-9-2-3-13-17-7-18-21(13)6-9/h4-5,7,9H,2-3,6H2,1H3,(H2,19,20,22)/t9-/m0/s1. The molecule has 2 aromatic rings. The second-order valence-electron chi connectivity index (χ2n) is 5.27. The first-order chi connectivity index (χ1) is 10.5. The Morgan fingerprint density at radius 3 is 3.00 bits per heavy atom. The number of aryl methyl sites for hydroxylation is 2. The number of benzene rings is 1. The highest BCUT2D eigenvalue weighted by molar-refractivity contribution is 6.36. The zero-order valence-electron chi connectivity index (χ0n) is 11.9. The van der Waals surface area contributed by atoms with Crippen molar-refractivity contribution in [3.8, 4) is 0 Å². The number of nitrogens with one attached hydrogen (secondary N) is 2. The molecule has 0 saturated carbocycles. The maximum Gasteiger partial charge on any atom is 0.319 e. The fourth-order valence-electron chi connectivity index (χ4n) is 2.44. The number of rotatable bonds is 2. The molecule has 116 valence electrons. The molecule has 0 saturated heterocycles. The highest BCUT2D eigenvalue weighted by Crippen LogP contribution is 2.28. The van der Waals surface area contributed by atoms with E-state index in [0.717, 1.165) is 24.2 Å². The van der Waals surface area contributed by atoms with Crippen molar-refractivity contribution in [1.82, 2.24) is 20.1 Å². The van der Waals surface area contributed by atoms with Crippen LogP contribution < -0.4 is 10.6 Å². The van der Waals surface area contributed by atoms with Crippen molar-refractivity contribution >= 4 is 34.9 Å². The van der Waals surface area contributed by atoms with Crippen LogP contribution in [0.2, 0.25) is 10.0 Å². The van der Waals surface area contributed by atoms with Crippen molar-refractivity contribution < 1.29 is 4.79 Å². The van der Waals surface area contributed by atoms with E-state index in [0.29, 0.717) is 22.3 Å². The number of hydrogen-bond acceptors (Lipinski definition) is 3. The van der Waals surface area contributed by atoms with Gasteiger partial charge in [0.15, 0.2) is 0 Å². The highest BCUT2D eigenvalue weighted by Gasteiger charge is 2.21. The predicted octanol–water partition coefficient (Wildman–Crippen LogP) is 3.03.